The van der Waals surface area contributed by atoms with Gasteiger partial charge in [-0.2, -0.15) is 0 Å². The molecule has 7 heteroatoms. The molecule has 2 atom stereocenters. The number of halogens is 1. The molecule has 0 N–H and O–H groups in total. The fourth-order valence-electron chi connectivity index (χ4n) is 7.88. The number of piperidine rings is 1. The molecule has 2 amide bonds. The highest BCUT2D eigenvalue weighted by Crippen LogP contribution is 2.43. The Morgan fingerprint density at radius 3 is 2.29 bits per heavy atom. The van der Waals surface area contributed by atoms with Gasteiger partial charge in [-0.25, -0.2) is 0 Å². The number of methoxy groups -OCH3 is 1. The van der Waals surface area contributed by atoms with Crippen LogP contribution in [0.3, 0.4) is 0 Å². The molecular weight excluding hydrogens is 534 g/mol. The van der Waals surface area contributed by atoms with Crippen LogP contribution in [0.15, 0.2) is 54.6 Å². The van der Waals surface area contributed by atoms with Crippen LogP contribution in [0.2, 0.25) is 0 Å². The molecule has 2 aromatic rings. The Morgan fingerprint density at radius 2 is 1.61 bits per heavy atom. The standard InChI is InChI=1S/C34H45N3O3.ClH/c1-40-30-13-11-27(12-14-30)22-36-20-17-34(33(36)39)15-18-35(19-16-34)23-29-24-37(32(38)21-26-7-5-6-8-26)25-31(29)28-9-3-2-4-10-28;/h2-4,9-14,26,29,31H,5-8,15-25H2,1H3;1H/t29-,31+;/m0./s1. The molecule has 3 saturated heterocycles. The molecule has 0 radical (unpaired) electrons. The first-order valence-corrected chi connectivity index (χ1v) is 15.5. The Bertz CT molecular complexity index is 1160. The van der Waals surface area contributed by atoms with Crippen molar-refractivity contribution in [3.8, 4) is 5.75 Å². The molecule has 6 nitrogen and oxygen atoms in total. The van der Waals surface area contributed by atoms with Crippen molar-refractivity contribution in [3.05, 3.63) is 65.7 Å². The van der Waals surface area contributed by atoms with Gasteiger partial charge in [-0.05, 0) is 80.3 Å². The predicted molar refractivity (Wildman–Crippen MR) is 164 cm³/mol. The molecule has 3 aliphatic heterocycles. The number of rotatable bonds is 8. The second-order valence-electron chi connectivity index (χ2n) is 12.8. The highest BCUT2D eigenvalue weighted by Gasteiger charge is 2.48. The van der Waals surface area contributed by atoms with E-state index in [4.69, 9.17) is 4.74 Å². The number of benzene rings is 2. The van der Waals surface area contributed by atoms with Gasteiger partial charge < -0.3 is 19.4 Å². The Labute approximate surface area is 251 Å². The predicted octanol–water partition coefficient (Wildman–Crippen LogP) is 5.75. The van der Waals surface area contributed by atoms with Gasteiger partial charge in [0.25, 0.3) is 0 Å². The quantitative estimate of drug-likeness (QED) is 0.399. The average Bonchev–Trinajstić information content (AvgIpc) is 3.72. The van der Waals surface area contributed by atoms with Crippen LogP contribution >= 0.6 is 12.4 Å². The smallest absolute Gasteiger partial charge is 0.229 e. The third-order valence-corrected chi connectivity index (χ3v) is 10.4. The molecule has 1 aliphatic carbocycles. The molecule has 3 heterocycles. The van der Waals surface area contributed by atoms with Crippen molar-refractivity contribution < 1.29 is 14.3 Å². The summed E-state index contributed by atoms with van der Waals surface area (Å²) >= 11 is 0. The summed E-state index contributed by atoms with van der Waals surface area (Å²) in [5.74, 6) is 2.97. The molecule has 1 spiro atoms. The van der Waals surface area contributed by atoms with E-state index in [9.17, 15) is 9.59 Å². The van der Waals surface area contributed by atoms with Gasteiger partial charge in [0.15, 0.2) is 0 Å². The molecule has 4 fully saturated rings. The molecule has 1 saturated carbocycles. The van der Waals surface area contributed by atoms with Crippen LogP contribution in [0.1, 0.15) is 68.4 Å². The topological polar surface area (TPSA) is 53.1 Å². The number of carbonyl (C=O) groups is 2. The van der Waals surface area contributed by atoms with Gasteiger partial charge in [-0.15, -0.1) is 12.4 Å². The summed E-state index contributed by atoms with van der Waals surface area (Å²) in [4.78, 5) is 33.7. The molecule has 2 aromatic carbocycles. The highest BCUT2D eigenvalue weighted by molar-refractivity contribution is 5.85. The minimum atomic E-state index is -0.194. The van der Waals surface area contributed by atoms with Crippen LogP contribution in [0.25, 0.3) is 0 Å². The van der Waals surface area contributed by atoms with Crippen molar-refractivity contribution in [1.29, 1.82) is 0 Å². The zero-order chi connectivity index (χ0) is 27.5. The first-order chi connectivity index (χ1) is 19.5. The van der Waals surface area contributed by atoms with Crippen LogP contribution in [-0.4, -0.2) is 72.9 Å². The maximum Gasteiger partial charge on any atom is 0.229 e. The molecular formula is C34H46ClN3O3. The summed E-state index contributed by atoms with van der Waals surface area (Å²) in [5.41, 5.74) is 2.32. The summed E-state index contributed by atoms with van der Waals surface area (Å²) in [6.07, 6.45) is 8.59. The van der Waals surface area contributed by atoms with Crippen LogP contribution in [0.5, 0.6) is 5.75 Å². The lowest BCUT2D eigenvalue weighted by Gasteiger charge is -2.39. The SMILES string of the molecule is COc1ccc(CN2CCC3(CCN(C[C@H]4CN(C(=O)CC5CCCC5)C[C@@H]4c4ccccc4)CC3)C2=O)cc1.Cl. The van der Waals surface area contributed by atoms with Crippen molar-refractivity contribution in [2.24, 2.45) is 17.3 Å². The summed E-state index contributed by atoms with van der Waals surface area (Å²) in [6.45, 7) is 6.18. The molecule has 6 rings (SSSR count). The number of hydrogen-bond donors (Lipinski definition) is 0. The third-order valence-electron chi connectivity index (χ3n) is 10.4. The third kappa shape index (κ3) is 6.59. The number of amides is 2. The summed E-state index contributed by atoms with van der Waals surface area (Å²) in [7, 11) is 1.68. The van der Waals surface area contributed by atoms with Crippen molar-refractivity contribution in [3.63, 3.8) is 0 Å². The first-order valence-electron chi connectivity index (χ1n) is 15.5. The van der Waals surface area contributed by atoms with Gasteiger partial charge >= 0.3 is 0 Å². The Balaban J connectivity index is 0.00000337. The van der Waals surface area contributed by atoms with Gasteiger partial charge in [0, 0.05) is 45.1 Å². The van der Waals surface area contributed by atoms with Crippen LogP contribution < -0.4 is 4.74 Å². The van der Waals surface area contributed by atoms with E-state index in [2.05, 4.69) is 57.2 Å². The van der Waals surface area contributed by atoms with Gasteiger partial charge in [0.2, 0.25) is 11.8 Å². The number of ether oxygens (including phenoxy) is 1. The Morgan fingerprint density at radius 1 is 0.927 bits per heavy atom. The van der Waals surface area contributed by atoms with E-state index in [1.807, 2.05) is 12.1 Å². The molecule has 0 bridgehead atoms. The van der Waals surface area contributed by atoms with Crippen LogP contribution in [0, 0.1) is 17.3 Å². The second kappa shape index (κ2) is 13.2. The fourth-order valence-corrected chi connectivity index (χ4v) is 7.88. The number of nitrogens with zero attached hydrogens (tertiary/aromatic N) is 3. The minimum Gasteiger partial charge on any atom is -0.497 e. The van der Waals surface area contributed by atoms with Crippen LogP contribution in [-0.2, 0) is 16.1 Å². The van der Waals surface area contributed by atoms with Crippen molar-refractivity contribution in [1.82, 2.24) is 14.7 Å². The van der Waals surface area contributed by atoms with Gasteiger partial charge in [-0.1, -0.05) is 55.3 Å². The van der Waals surface area contributed by atoms with E-state index < -0.39 is 0 Å². The zero-order valence-electron chi connectivity index (χ0n) is 24.5. The van der Waals surface area contributed by atoms with E-state index in [1.165, 1.54) is 31.2 Å². The lowest BCUT2D eigenvalue weighted by Crippen LogP contribution is -2.46. The molecule has 0 unspecified atom stereocenters. The Kier molecular flexibility index (Phi) is 9.60. The minimum absolute atomic E-state index is 0. The van der Waals surface area contributed by atoms with E-state index in [0.717, 1.165) is 76.3 Å². The second-order valence-corrected chi connectivity index (χ2v) is 12.8. The summed E-state index contributed by atoms with van der Waals surface area (Å²) in [5, 5.41) is 0. The Hall–Kier alpha value is -2.57. The highest BCUT2D eigenvalue weighted by atomic mass is 35.5. The lowest BCUT2D eigenvalue weighted by molar-refractivity contribution is -0.139. The van der Waals surface area contributed by atoms with Gasteiger partial charge in [0.1, 0.15) is 5.75 Å². The van der Waals surface area contributed by atoms with Crippen molar-refractivity contribution >= 4 is 24.2 Å². The number of carbonyl (C=O) groups excluding carboxylic acids is 2. The maximum absolute atomic E-state index is 13.6. The number of hydrogen-bond acceptors (Lipinski definition) is 4. The van der Waals surface area contributed by atoms with E-state index in [0.29, 0.717) is 36.1 Å². The molecule has 222 valence electrons. The van der Waals surface area contributed by atoms with Gasteiger partial charge in [0.05, 0.1) is 12.5 Å². The molecule has 0 aromatic heterocycles. The molecule has 4 aliphatic rings. The van der Waals surface area contributed by atoms with Gasteiger partial charge in [-0.3, -0.25) is 9.59 Å². The summed E-state index contributed by atoms with van der Waals surface area (Å²) in [6, 6.07) is 18.9. The van der Waals surface area contributed by atoms with Crippen molar-refractivity contribution in [2.75, 3.05) is 46.4 Å². The number of likely N-dealkylation sites (tertiary alicyclic amines) is 3. The van der Waals surface area contributed by atoms with Crippen molar-refractivity contribution in [2.45, 2.75) is 63.8 Å². The average molecular weight is 580 g/mol. The van der Waals surface area contributed by atoms with E-state index in [-0.39, 0.29) is 17.8 Å². The van der Waals surface area contributed by atoms with E-state index in [1.54, 1.807) is 7.11 Å². The lowest BCUT2D eigenvalue weighted by atomic mass is 9.76. The van der Waals surface area contributed by atoms with Crippen LogP contribution in [0.4, 0.5) is 0 Å². The summed E-state index contributed by atoms with van der Waals surface area (Å²) < 4.78 is 5.28. The maximum atomic E-state index is 13.6. The normalized spacial score (nSPS) is 24.7. The molecule has 41 heavy (non-hydrogen) atoms. The zero-order valence-corrected chi connectivity index (χ0v) is 25.3. The van der Waals surface area contributed by atoms with E-state index >= 15 is 0 Å². The fraction of sp³-hybridized carbons (Fsp3) is 0.588. The largest absolute Gasteiger partial charge is 0.497 e. The first kappa shape index (κ1) is 29.9. The monoisotopic (exact) mass is 579 g/mol.